The molecule has 0 aromatic carbocycles. The van der Waals surface area contributed by atoms with Gasteiger partial charge in [-0.05, 0) is 32.9 Å². The predicted molar refractivity (Wildman–Crippen MR) is 63.2 cm³/mol. The molecule has 0 unspecified atom stereocenters. The zero-order valence-electron chi connectivity index (χ0n) is 10.4. The van der Waals surface area contributed by atoms with Crippen LogP contribution < -0.4 is 0 Å². The monoisotopic (exact) mass is 226 g/mol. The molecule has 16 heavy (non-hydrogen) atoms. The SMILES string of the molecule is CC(=O)CCCN1CCCN(C(C)=O)CC1. The third-order valence-corrected chi connectivity index (χ3v) is 3.04. The number of carbonyl (C=O) groups excluding carboxylic acids is 2. The number of carbonyl (C=O) groups is 2. The second kappa shape index (κ2) is 6.63. The van der Waals surface area contributed by atoms with Crippen molar-refractivity contribution in [2.24, 2.45) is 0 Å². The van der Waals surface area contributed by atoms with E-state index in [9.17, 15) is 9.59 Å². The van der Waals surface area contributed by atoms with Crippen LogP contribution in [0.4, 0.5) is 0 Å². The molecule has 0 aliphatic carbocycles. The molecule has 1 aliphatic heterocycles. The maximum Gasteiger partial charge on any atom is 0.219 e. The number of hydrogen-bond acceptors (Lipinski definition) is 3. The van der Waals surface area contributed by atoms with Crippen LogP contribution in [0.1, 0.15) is 33.1 Å². The highest BCUT2D eigenvalue weighted by Gasteiger charge is 2.15. The molecule has 0 radical (unpaired) electrons. The largest absolute Gasteiger partial charge is 0.342 e. The van der Waals surface area contributed by atoms with Gasteiger partial charge < -0.3 is 14.6 Å². The lowest BCUT2D eigenvalue weighted by atomic mass is 10.2. The summed E-state index contributed by atoms with van der Waals surface area (Å²) in [5.41, 5.74) is 0. The highest BCUT2D eigenvalue weighted by molar-refractivity contribution is 5.75. The summed E-state index contributed by atoms with van der Waals surface area (Å²) in [7, 11) is 0. The van der Waals surface area contributed by atoms with Gasteiger partial charge in [0.25, 0.3) is 0 Å². The number of Topliss-reactive ketones (excluding diaryl/α,β-unsaturated/α-hetero) is 1. The van der Waals surface area contributed by atoms with Crippen LogP contribution in [0, 0.1) is 0 Å². The molecule has 0 N–H and O–H groups in total. The number of ketones is 1. The average Bonchev–Trinajstić information content (AvgIpc) is 2.42. The van der Waals surface area contributed by atoms with Crippen LogP contribution in [0.5, 0.6) is 0 Å². The van der Waals surface area contributed by atoms with Crippen molar-refractivity contribution in [1.29, 1.82) is 0 Å². The Balaban J connectivity index is 2.25. The highest BCUT2D eigenvalue weighted by atomic mass is 16.2. The first-order valence-corrected chi connectivity index (χ1v) is 6.07. The van der Waals surface area contributed by atoms with E-state index in [1.165, 1.54) is 0 Å². The normalized spacial score (nSPS) is 18.2. The Labute approximate surface area is 97.6 Å². The van der Waals surface area contributed by atoms with Crippen LogP contribution in [-0.4, -0.2) is 54.2 Å². The number of nitrogens with zero attached hydrogens (tertiary/aromatic N) is 2. The summed E-state index contributed by atoms with van der Waals surface area (Å²) >= 11 is 0. The minimum absolute atomic E-state index is 0.172. The molecule has 1 aliphatic rings. The summed E-state index contributed by atoms with van der Waals surface area (Å²) in [5.74, 6) is 0.436. The molecule has 1 fully saturated rings. The third kappa shape index (κ3) is 4.75. The first-order chi connectivity index (χ1) is 7.59. The maximum atomic E-state index is 11.2. The van der Waals surface area contributed by atoms with Gasteiger partial charge in [0.15, 0.2) is 0 Å². The second-order valence-electron chi connectivity index (χ2n) is 4.51. The van der Waals surface area contributed by atoms with Crippen LogP contribution in [0.3, 0.4) is 0 Å². The number of rotatable bonds is 4. The van der Waals surface area contributed by atoms with E-state index in [4.69, 9.17) is 0 Å². The van der Waals surface area contributed by atoms with Crippen molar-refractivity contribution in [3.05, 3.63) is 0 Å². The lowest BCUT2D eigenvalue weighted by Gasteiger charge is -2.20. The third-order valence-electron chi connectivity index (χ3n) is 3.04. The van der Waals surface area contributed by atoms with Crippen LogP contribution in [0.15, 0.2) is 0 Å². The number of amides is 1. The van der Waals surface area contributed by atoms with Gasteiger partial charge in [-0.15, -0.1) is 0 Å². The highest BCUT2D eigenvalue weighted by Crippen LogP contribution is 2.05. The van der Waals surface area contributed by atoms with Crippen molar-refractivity contribution >= 4 is 11.7 Å². The molecule has 0 atom stereocenters. The quantitative estimate of drug-likeness (QED) is 0.715. The Morgan fingerprint density at radius 3 is 2.44 bits per heavy atom. The van der Waals surface area contributed by atoms with E-state index in [1.807, 2.05) is 4.90 Å². The van der Waals surface area contributed by atoms with Crippen LogP contribution in [-0.2, 0) is 9.59 Å². The van der Waals surface area contributed by atoms with Gasteiger partial charge in [0.05, 0.1) is 0 Å². The van der Waals surface area contributed by atoms with Crippen molar-refractivity contribution in [1.82, 2.24) is 9.80 Å². The van der Waals surface area contributed by atoms with Crippen molar-refractivity contribution in [2.75, 3.05) is 32.7 Å². The predicted octanol–water partition coefficient (Wildman–Crippen LogP) is 0.910. The average molecular weight is 226 g/mol. The minimum atomic E-state index is 0.172. The van der Waals surface area contributed by atoms with Gasteiger partial charge in [-0.2, -0.15) is 0 Å². The summed E-state index contributed by atoms with van der Waals surface area (Å²) in [5, 5.41) is 0. The molecule has 0 bridgehead atoms. The molecule has 0 aromatic rings. The molecule has 0 spiro atoms. The zero-order valence-corrected chi connectivity index (χ0v) is 10.4. The van der Waals surface area contributed by atoms with E-state index >= 15 is 0 Å². The Hall–Kier alpha value is -0.900. The summed E-state index contributed by atoms with van der Waals surface area (Å²) in [6, 6.07) is 0. The molecule has 1 rings (SSSR count). The summed E-state index contributed by atoms with van der Waals surface area (Å²) < 4.78 is 0. The van der Waals surface area contributed by atoms with Gasteiger partial charge in [-0.25, -0.2) is 0 Å². The zero-order chi connectivity index (χ0) is 12.0. The van der Waals surface area contributed by atoms with E-state index in [0.29, 0.717) is 6.42 Å². The summed E-state index contributed by atoms with van der Waals surface area (Å²) in [4.78, 5) is 26.3. The van der Waals surface area contributed by atoms with E-state index in [0.717, 1.165) is 45.6 Å². The summed E-state index contributed by atoms with van der Waals surface area (Å²) in [6.07, 6.45) is 2.65. The molecule has 4 nitrogen and oxygen atoms in total. The lowest BCUT2D eigenvalue weighted by Crippen LogP contribution is -2.34. The first kappa shape index (κ1) is 13.2. The van der Waals surface area contributed by atoms with Gasteiger partial charge in [0.2, 0.25) is 5.91 Å². The summed E-state index contributed by atoms with van der Waals surface area (Å²) in [6.45, 7) is 7.93. The van der Waals surface area contributed by atoms with E-state index in [1.54, 1.807) is 13.8 Å². The molecular formula is C12H22N2O2. The Bertz CT molecular complexity index is 253. The van der Waals surface area contributed by atoms with Crippen LogP contribution in [0.25, 0.3) is 0 Å². The fraction of sp³-hybridized carbons (Fsp3) is 0.833. The Kier molecular flexibility index (Phi) is 5.46. The standard InChI is InChI=1S/C12H22N2O2/c1-11(15)5-3-6-13-7-4-8-14(10-9-13)12(2)16/h3-10H2,1-2H3. The molecule has 0 aromatic heterocycles. The van der Waals surface area contributed by atoms with E-state index < -0.39 is 0 Å². The molecular weight excluding hydrogens is 204 g/mol. The fourth-order valence-corrected chi connectivity index (χ4v) is 2.06. The van der Waals surface area contributed by atoms with Gasteiger partial charge in [0, 0.05) is 33.0 Å². The molecule has 92 valence electrons. The molecule has 1 heterocycles. The minimum Gasteiger partial charge on any atom is -0.342 e. The van der Waals surface area contributed by atoms with Crippen molar-refractivity contribution in [2.45, 2.75) is 33.1 Å². The molecule has 0 saturated carbocycles. The molecule has 4 heteroatoms. The van der Waals surface area contributed by atoms with Crippen molar-refractivity contribution in [3.63, 3.8) is 0 Å². The smallest absolute Gasteiger partial charge is 0.219 e. The van der Waals surface area contributed by atoms with E-state index in [2.05, 4.69) is 4.90 Å². The Morgan fingerprint density at radius 1 is 1.06 bits per heavy atom. The first-order valence-electron chi connectivity index (χ1n) is 6.07. The van der Waals surface area contributed by atoms with E-state index in [-0.39, 0.29) is 11.7 Å². The van der Waals surface area contributed by atoms with Gasteiger partial charge in [-0.1, -0.05) is 0 Å². The molecule has 1 amide bonds. The number of hydrogen-bond donors (Lipinski definition) is 0. The fourth-order valence-electron chi connectivity index (χ4n) is 2.06. The van der Waals surface area contributed by atoms with Crippen molar-refractivity contribution < 1.29 is 9.59 Å². The van der Waals surface area contributed by atoms with Gasteiger partial charge >= 0.3 is 0 Å². The molecule has 1 saturated heterocycles. The second-order valence-corrected chi connectivity index (χ2v) is 4.51. The Morgan fingerprint density at radius 2 is 1.81 bits per heavy atom. The van der Waals surface area contributed by atoms with Crippen LogP contribution >= 0.6 is 0 Å². The maximum absolute atomic E-state index is 11.2. The van der Waals surface area contributed by atoms with Crippen LogP contribution in [0.2, 0.25) is 0 Å². The topological polar surface area (TPSA) is 40.6 Å². The van der Waals surface area contributed by atoms with Crippen molar-refractivity contribution in [3.8, 4) is 0 Å². The van der Waals surface area contributed by atoms with Gasteiger partial charge in [-0.3, -0.25) is 4.79 Å². The van der Waals surface area contributed by atoms with Gasteiger partial charge in [0.1, 0.15) is 5.78 Å². The lowest BCUT2D eigenvalue weighted by molar-refractivity contribution is -0.128.